The van der Waals surface area contributed by atoms with Crippen LogP contribution in [0.3, 0.4) is 0 Å². The van der Waals surface area contributed by atoms with Gasteiger partial charge in [-0.05, 0) is 74.1 Å². The highest BCUT2D eigenvalue weighted by Gasteiger charge is 2.36. The van der Waals surface area contributed by atoms with Gasteiger partial charge in [-0.2, -0.15) is 0 Å². The van der Waals surface area contributed by atoms with Crippen LogP contribution in [0.15, 0.2) is 65.3 Å². The molecule has 3 amide bonds. The summed E-state index contributed by atoms with van der Waals surface area (Å²) < 4.78 is 5.15. The summed E-state index contributed by atoms with van der Waals surface area (Å²) in [6.07, 6.45) is 5.43. The van der Waals surface area contributed by atoms with Crippen molar-refractivity contribution in [1.82, 2.24) is 10.6 Å². The summed E-state index contributed by atoms with van der Waals surface area (Å²) in [6, 6.07) is 15.7. The maximum atomic E-state index is 13.9. The van der Waals surface area contributed by atoms with Crippen LogP contribution in [-0.4, -0.2) is 30.3 Å². The number of amides is 3. The van der Waals surface area contributed by atoms with Crippen molar-refractivity contribution in [2.45, 2.75) is 58.5 Å². The molecule has 1 fully saturated rings. The normalized spacial score (nSPS) is 14.3. The molecule has 2 N–H and O–H groups in total. The molecule has 1 aliphatic rings. The molecule has 1 saturated carbocycles. The van der Waals surface area contributed by atoms with E-state index in [1.165, 1.54) is 17.2 Å². The summed E-state index contributed by atoms with van der Waals surface area (Å²) in [6.45, 7) is 5.57. The number of benzene rings is 2. The third-order valence-corrected chi connectivity index (χ3v) is 6.94. The fraction of sp³-hybridized carbons (Fsp3) is 0.345. The van der Waals surface area contributed by atoms with E-state index in [1.807, 2.05) is 63.2 Å². The average Bonchev–Trinajstić information content (AvgIpc) is 3.58. The maximum absolute atomic E-state index is 13.9. The Morgan fingerprint density at radius 2 is 1.67 bits per heavy atom. The molecule has 1 aliphatic carbocycles. The highest BCUT2D eigenvalue weighted by Crippen LogP contribution is 2.33. The first-order chi connectivity index (χ1) is 17.4. The molecule has 7 heteroatoms. The molecular weight excluding hydrogens is 454 g/mol. The summed E-state index contributed by atoms with van der Waals surface area (Å²) in [7, 11) is 0. The molecular formula is C29H33N3O4. The zero-order valence-electron chi connectivity index (χ0n) is 21.0. The van der Waals surface area contributed by atoms with Gasteiger partial charge >= 0.3 is 0 Å². The molecule has 0 saturated heterocycles. The SMILES string of the molecule is Cc1ccccc1[C@@H](C(=O)NC1CCCC1)N(C(=O)CNC(=O)c1ccco1)c1cccc(C)c1C. The fourth-order valence-corrected chi connectivity index (χ4v) is 4.79. The number of hydrogen-bond donors (Lipinski definition) is 2. The predicted octanol–water partition coefficient (Wildman–Crippen LogP) is 4.77. The maximum Gasteiger partial charge on any atom is 0.287 e. The highest BCUT2D eigenvalue weighted by atomic mass is 16.3. The van der Waals surface area contributed by atoms with E-state index in [2.05, 4.69) is 10.6 Å². The van der Waals surface area contributed by atoms with Gasteiger partial charge in [-0.1, -0.05) is 49.2 Å². The summed E-state index contributed by atoms with van der Waals surface area (Å²) >= 11 is 0. The Balaban J connectivity index is 1.74. The minimum atomic E-state index is -0.889. The number of anilines is 1. The number of rotatable bonds is 8. The third kappa shape index (κ3) is 5.51. The van der Waals surface area contributed by atoms with Crippen LogP contribution in [0, 0.1) is 20.8 Å². The molecule has 0 radical (unpaired) electrons. The lowest BCUT2D eigenvalue weighted by molar-refractivity contribution is -0.126. The average molecular weight is 488 g/mol. The number of furan rings is 1. The topological polar surface area (TPSA) is 91.7 Å². The highest BCUT2D eigenvalue weighted by molar-refractivity contribution is 6.04. The molecule has 0 spiro atoms. The molecule has 36 heavy (non-hydrogen) atoms. The molecule has 4 rings (SSSR count). The minimum absolute atomic E-state index is 0.0956. The van der Waals surface area contributed by atoms with Crippen molar-refractivity contribution >= 4 is 23.4 Å². The van der Waals surface area contributed by atoms with Gasteiger partial charge in [-0.15, -0.1) is 0 Å². The van der Waals surface area contributed by atoms with Gasteiger partial charge in [0.05, 0.1) is 12.8 Å². The first-order valence-electron chi connectivity index (χ1n) is 12.4. The Kier molecular flexibility index (Phi) is 7.88. The van der Waals surface area contributed by atoms with E-state index in [9.17, 15) is 14.4 Å². The van der Waals surface area contributed by atoms with Gasteiger partial charge < -0.3 is 15.1 Å². The molecule has 3 aromatic rings. The fourth-order valence-electron chi connectivity index (χ4n) is 4.79. The van der Waals surface area contributed by atoms with Crippen molar-refractivity contribution in [1.29, 1.82) is 0 Å². The Hall–Kier alpha value is -3.87. The largest absolute Gasteiger partial charge is 0.459 e. The van der Waals surface area contributed by atoms with Crippen LogP contribution in [0.4, 0.5) is 5.69 Å². The lowest BCUT2D eigenvalue weighted by Gasteiger charge is -2.34. The summed E-state index contributed by atoms with van der Waals surface area (Å²) in [4.78, 5) is 41.8. The van der Waals surface area contributed by atoms with Crippen molar-refractivity contribution in [3.8, 4) is 0 Å². The monoisotopic (exact) mass is 487 g/mol. The Morgan fingerprint density at radius 1 is 0.944 bits per heavy atom. The Morgan fingerprint density at radius 3 is 2.36 bits per heavy atom. The van der Waals surface area contributed by atoms with Crippen LogP contribution in [0.5, 0.6) is 0 Å². The molecule has 188 valence electrons. The van der Waals surface area contributed by atoms with Gasteiger partial charge in [-0.25, -0.2) is 0 Å². The van der Waals surface area contributed by atoms with Gasteiger partial charge in [0.25, 0.3) is 5.91 Å². The minimum Gasteiger partial charge on any atom is -0.459 e. The van der Waals surface area contributed by atoms with Crippen LogP contribution < -0.4 is 15.5 Å². The van der Waals surface area contributed by atoms with Crippen molar-refractivity contribution < 1.29 is 18.8 Å². The number of carbonyl (C=O) groups excluding carboxylic acids is 3. The molecule has 1 heterocycles. The Labute approximate surface area is 211 Å². The second-order valence-electron chi connectivity index (χ2n) is 9.39. The van der Waals surface area contributed by atoms with Gasteiger partial charge in [0.2, 0.25) is 11.8 Å². The molecule has 2 aromatic carbocycles. The van der Waals surface area contributed by atoms with Crippen LogP contribution in [0.1, 0.15) is 64.5 Å². The van der Waals surface area contributed by atoms with Gasteiger partial charge in [0.15, 0.2) is 5.76 Å². The standard InChI is InChI=1S/C29H33N3O4/c1-19-11-8-15-24(21(19)3)32(26(33)18-30-28(34)25-16-9-17-36-25)27(23-14-7-4-10-20(23)2)29(35)31-22-12-5-6-13-22/h4,7-11,14-17,22,27H,5-6,12-13,18H2,1-3H3,(H,30,34)(H,31,35)/t27-/m0/s1. The molecule has 0 bridgehead atoms. The zero-order valence-corrected chi connectivity index (χ0v) is 21.0. The van der Waals surface area contributed by atoms with Crippen LogP contribution >= 0.6 is 0 Å². The third-order valence-electron chi connectivity index (χ3n) is 6.94. The van der Waals surface area contributed by atoms with Gasteiger partial charge in [0.1, 0.15) is 6.04 Å². The number of hydrogen-bond acceptors (Lipinski definition) is 4. The van der Waals surface area contributed by atoms with Gasteiger partial charge in [0, 0.05) is 11.7 Å². The van der Waals surface area contributed by atoms with E-state index in [4.69, 9.17) is 4.42 Å². The second kappa shape index (κ2) is 11.2. The van der Waals surface area contributed by atoms with Crippen molar-refractivity contribution in [2.75, 3.05) is 11.4 Å². The lowest BCUT2D eigenvalue weighted by Crippen LogP contribution is -2.49. The van der Waals surface area contributed by atoms with E-state index in [-0.39, 0.29) is 24.3 Å². The Bertz CT molecular complexity index is 1230. The van der Waals surface area contributed by atoms with E-state index < -0.39 is 17.9 Å². The van der Waals surface area contributed by atoms with Crippen molar-refractivity contribution in [2.24, 2.45) is 0 Å². The van der Waals surface area contributed by atoms with Crippen LogP contribution in [0.25, 0.3) is 0 Å². The first kappa shape index (κ1) is 25.2. The lowest BCUT2D eigenvalue weighted by atomic mass is 9.96. The van der Waals surface area contributed by atoms with E-state index in [0.717, 1.165) is 47.9 Å². The quantitative estimate of drug-likeness (QED) is 0.479. The van der Waals surface area contributed by atoms with E-state index >= 15 is 0 Å². The van der Waals surface area contributed by atoms with Crippen molar-refractivity contribution in [3.63, 3.8) is 0 Å². The summed E-state index contributed by atoms with van der Waals surface area (Å²) in [5.74, 6) is -0.978. The summed E-state index contributed by atoms with van der Waals surface area (Å²) in [5.41, 5.74) is 4.20. The second-order valence-corrected chi connectivity index (χ2v) is 9.39. The molecule has 1 aromatic heterocycles. The number of aryl methyl sites for hydroxylation is 2. The van der Waals surface area contributed by atoms with Gasteiger partial charge in [-0.3, -0.25) is 19.3 Å². The first-order valence-corrected chi connectivity index (χ1v) is 12.4. The smallest absolute Gasteiger partial charge is 0.287 e. The molecule has 0 unspecified atom stereocenters. The van der Waals surface area contributed by atoms with Crippen LogP contribution in [-0.2, 0) is 9.59 Å². The molecule has 0 aliphatic heterocycles. The van der Waals surface area contributed by atoms with E-state index in [1.54, 1.807) is 6.07 Å². The molecule has 1 atom stereocenters. The number of nitrogens with zero attached hydrogens (tertiary/aromatic N) is 1. The zero-order chi connectivity index (χ0) is 25.7. The van der Waals surface area contributed by atoms with Crippen LogP contribution in [0.2, 0.25) is 0 Å². The molecule has 7 nitrogen and oxygen atoms in total. The predicted molar refractivity (Wildman–Crippen MR) is 139 cm³/mol. The van der Waals surface area contributed by atoms with Crippen molar-refractivity contribution in [3.05, 3.63) is 88.9 Å². The number of nitrogens with one attached hydrogen (secondary N) is 2. The van der Waals surface area contributed by atoms with E-state index in [0.29, 0.717) is 5.69 Å². The number of carbonyl (C=O) groups is 3. The summed E-state index contributed by atoms with van der Waals surface area (Å²) in [5, 5.41) is 5.84.